The molecule has 3 nitrogen and oxygen atoms in total. The molecule has 0 aliphatic carbocycles. The predicted molar refractivity (Wildman–Crippen MR) is 48.4 cm³/mol. The Bertz CT molecular complexity index is 222. The zero-order chi connectivity index (χ0) is 8.10. The van der Waals surface area contributed by atoms with Gasteiger partial charge in [-0.05, 0) is 19.2 Å². The van der Waals surface area contributed by atoms with Gasteiger partial charge in [0.05, 0.1) is 18.0 Å². The van der Waals surface area contributed by atoms with Crippen LogP contribution in [0.5, 0.6) is 0 Å². The highest BCUT2D eigenvalue weighted by molar-refractivity contribution is 5.65. The van der Waals surface area contributed by atoms with Crippen LogP contribution in [0.25, 0.3) is 0 Å². The number of benzene rings is 1. The van der Waals surface area contributed by atoms with E-state index in [4.69, 9.17) is 5.73 Å². The van der Waals surface area contributed by atoms with Crippen LogP contribution in [-0.2, 0) is 0 Å². The second-order valence-electron chi connectivity index (χ2n) is 2.29. The minimum Gasteiger partial charge on any atom is -0.397 e. The van der Waals surface area contributed by atoms with Crippen molar-refractivity contribution in [1.29, 1.82) is 0 Å². The summed E-state index contributed by atoms with van der Waals surface area (Å²) in [5.74, 6) is 0. The molecule has 11 heavy (non-hydrogen) atoms. The fraction of sp³-hybridized carbons (Fsp3) is 0.250. The van der Waals surface area contributed by atoms with Gasteiger partial charge in [-0.15, -0.1) is 0 Å². The van der Waals surface area contributed by atoms with Crippen LogP contribution in [0.15, 0.2) is 24.3 Å². The lowest BCUT2D eigenvalue weighted by Crippen LogP contribution is -2.17. The lowest BCUT2D eigenvalue weighted by Gasteiger charge is -2.07. The standard InChI is InChI=1S/C8H13N3/c1-10-6-11-8-5-3-2-4-7(8)9/h2-5,10-11H,6,9H2,1H3. The molecule has 0 unspecified atom stereocenters. The molecule has 0 heterocycles. The monoisotopic (exact) mass is 151 g/mol. The molecule has 0 saturated heterocycles. The molecule has 0 radical (unpaired) electrons. The van der Waals surface area contributed by atoms with Crippen LogP contribution in [0.4, 0.5) is 11.4 Å². The fourth-order valence-electron chi connectivity index (χ4n) is 0.842. The van der Waals surface area contributed by atoms with Crippen molar-refractivity contribution in [2.24, 2.45) is 0 Å². The number of nitrogens with one attached hydrogen (secondary N) is 2. The normalized spacial score (nSPS) is 9.55. The Morgan fingerprint density at radius 2 is 2.09 bits per heavy atom. The number of hydrogen-bond donors (Lipinski definition) is 3. The van der Waals surface area contributed by atoms with Gasteiger partial charge in [0.25, 0.3) is 0 Å². The van der Waals surface area contributed by atoms with Crippen molar-refractivity contribution in [3.63, 3.8) is 0 Å². The van der Waals surface area contributed by atoms with Gasteiger partial charge in [-0.2, -0.15) is 0 Å². The van der Waals surface area contributed by atoms with Crippen LogP contribution in [-0.4, -0.2) is 13.7 Å². The van der Waals surface area contributed by atoms with Gasteiger partial charge in [-0.25, -0.2) is 0 Å². The van der Waals surface area contributed by atoms with Gasteiger partial charge < -0.3 is 16.4 Å². The summed E-state index contributed by atoms with van der Waals surface area (Å²) in [4.78, 5) is 0. The molecule has 0 fully saturated rings. The Kier molecular flexibility index (Phi) is 2.74. The molecule has 1 aromatic rings. The molecule has 0 bridgehead atoms. The largest absolute Gasteiger partial charge is 0.397 e. The molecular weight excluding hydrogens is 138 g/mol. The molecule has 0 atom stereocenters. The number of para-hydroxylation sites is 2. The first-order chi connectivity index (χ1) is 5.34. The average molecular weight is 151 g/mol. The number of anilines is 2. The SMILES string of the molecule is CNCNc1ccccc1N. The highest BCUT2D eigenvalue weighted by Gasteiger charge is 1.92. The zero-order valence-electron chi connectivity index (χ0n) is 6.59. The third kappa shape index (κ3) is 2.13. The first-order valence-electron chi connectivity index (χ1n) is 3.57. The van der Waals surface area contributed by atoms with E-state index in [2.05, 4.69) is 10.6 Å². The maximum absolute atomic E-state index is 5.67. The smallest absolute Gasteiger partial charge is 0.0651 e. The van der Waals surface area contributed by atoms with E-state index in [1.54, 1.807) is 0 Å². The molecule has 1 rings (SSSR count). The summed E-state index contributed by atoms with van der Waals surface area (Å²) >= 11 is 0. The highest BCUT2D eigenvalue weighted by atomic mass is 15.0. The fourth-order valence-corrected chi connectivity index (χ4v) is 0.842. The number of nitrogens with two attached hydrogens (primary N) is 1. The van der Waals surface area contributed by atoms with Crippen molar-refractivity contribution < 1.29 is 0 Å². The Hall–Kier alpha value is -1.22. The predicted octanol–water partition coefficient (Wildman–Crippen LogP) is 0.858. The number of rotatable bonds is 3. The Labute approximate surface area is 66.6 Å². The Balaban J connectivity index is 2.62. The van der Waals surface area contributed by atoms with Crippen LogP contribution >= 0.6 is 0 Å². The molecule has 0 saturated carbocycles. The minimum atomic E-state index is 0.730. The van der Waals surface area contributed by atoms with E-state index in [1.165, 1.54) is 0 Å². The molecule has 4 N–H and O–H groups in total. The van der Waals surface area contributed by atoms with Crippen molar-refractivity contribution in [1.82, 2.24) is 5.32 Å². The molecule has 60 valence electrons. The minimum absolute atomic E-state index is 0.730. The summed E-state index contributed by atoms with van der Waals surface area (Å²) in [6.45, 7) is 0.730. The molecule has 0 aromatic heterocycles. The molecule has 3 heteroatoms. The van der Waals surface area contributed by atoms with E-state index in [1.807, 2.05) is 31.3 Å². The van der Waals surface area contributed by atoms with Gasteiger partial charge in [0.1, 0.15) is 0 Å². The van der Waals surface area contributed by atoms with Crippen LogP contribution in [0.2, 0.25) is 0 Å². The van der Waals surface area contributed by atoms with E-state index in [-0.39, 0.29) is 0 Å². The van der Waals surface area contributed by atoms with Crippen LogP contribution in [0, 0.1) is 0 Å². The van der Waals surface area contributed by atoms with Crippen molar-refractivity contribution >= 4 is 11.4 Å². The third-order valence-corrected chi connectivity index (χ3v) is 1.42. The van der Waals surface area contributed by atoms with Crippen molar-refractivity contribution in [3.8, 4) is 0 Å². The van der Waals surface area contributed by atoms with Gasteiger partial charge in [0, 0.05) is 0 Å². The molecule has 1 aromatic carbocycles. The maximum atomic E-state index is 5.67. The van der Waals surface area contributed by atoms with E-state index in [9.17, 15) is 0 Å². The van der Waals surface area contributed by atoms with Crippen molar-refractivity contribution in [2.45, 2.75) is 0 Å². The van der Waals surface area contributed by atoms with E-state index in [0.717, 1.165) is 18.0 Å². The summed E-state index contributed by atoms with van der Waals surface area (Å²) < 4.78 is 0. The van der Waals surface area contributed by atoms with Crippen LogP contribution < -0.4 is 16.4 Å². The second kappa shape index (κ2) is 3.83. The van der Waals surface area contributed by atoms with Crippen LogP contribution in [0.3, 0.4) is 0 Å². The van der Waals surface area contributed by atoms with Crippen molar-refractivity contribution in [2.75, 3.05) is 24.8 Å². The topological polar surface area (TPSA) is 50.1 Å². The summed E-state index contributed by atoms with van der Waals surface area (Å²) in [6, 6.07) is 7.69. The Morgan fingerprint density at radius 1 is 1.36 bits per heavy atom. The molecule has 0 aliphatic heterocycles. The summed E-state index contributed by atoms with van der Waals surface area (Å²) in [5.41, 5.74) is 7.43. The molecule has 0 spiro atoms. The second-order valence-corrected chi connectivity index (χ2v) is 2.29. The van der Waals surface area contributed by atoms with Gasteiger partial charge in [-0.3, -0.25) is 0 Å². The molecule has 0 aliphatic rings. The third-order valence-electron chi connectivity index (χ3n) is 1.42. The number of nitrogen functional groups attached to an aromatic ring is 1. The maximum Gasteiger partial charge on any atom is 0.0651 e. The Morgan fingerprint density at radius 3 is 2.73 bits per heavy atom. The first kappa shape index (κ1) is 7.88. The summed E-state index contributed by atoms with van der Waals surface area (Å²) in [6.07, 6.45) is 0. The number of hydrogen-bond acceptors (Lipinski definition) is 3. The molecular formula is C8H13N3. The summed E-state index contributed by atoms with van der Waals surface area (Å²) in [5, 5.41) is 6.10. The zero-order valence-corrected chi connectivity index (χ0v) is 6.59. The van der Waals surface area contributed by atoms with Gasteiger partial charge >= 0.3 is 0 Å². The molecule has 0 amide bonds. The van der Waals surface area contributed by atoms with E-state index < -0.39 is 0 Å². The van der Waals surface area contributed by atoms with Crippen LogP contribution in [0.1, 0.15) is 0 Å². The van der Waals surface area contributed by atoms with E-state index in [0.29, 0.717) is 0 Å². The summed E-state index contributed by atoms with van der Waals surface area (Å²) in [7, 11) is 1.88. The lowest BCUT2D eigenvalue weighted by molar-refractivity contribution is 0.875. The lowest BCUT2D eigenvalue weighted by atomic mass is 10.3. The van der Waals surface area contributed by atoms with E-state index >= 15 is 0 Å². The van der Waals surface area contributed by atoms with Crippen molar-refractivity contribution in [3.05, 3.63) is 24.3 Å². The van der Waals surface area contributed by atoms with Gasteiger partial charge in [-0.1, -0.05) is 12.1 Å². The van der Waals surface area contributed by atoms with Gasteiger partial charge in [0.15, 0.2) is 0 Å². The van der Waals surface area contributed by atoms with Gasteiger partial charge in [0.2, 0.25) is 0 Å². The average Bonchev–Trinajstić information content (AvgIpc) is 2.03. The highest BCUT2D eigenvalue weighted by Crippen LogP contribution is 2.15. The quantitative estimate of drug-likeness (QED) is 0.443. The first-order valence-corrected chi connectivity index (χ1v) is 3.57.